The van der Waals surface area contributed by atoms with Gasteiger partial charge in [-0.3, -0.25) is 0 Å². The van der Waals surface area contributed by atoms with Crippen LogP contribution in [0.2, 0.25) is 0 Å². The average molecular weight is 338 g/mol. The number of amides is 2. The van der Waals surface area contributed by atoms with Crippen LogP contribution in [0.15, 0.2) is 48.5 Å². The molecule has 0 spiro atoms. The number of carbonyl (C=O) groups excluding carboxylic acids is 1. The van der Waals surface area contributed by atoms with Crippen molar-refractivity contribution in [3.63, 3.8) is 0 Å². The largest absolute Gasteiger partial charge is 0.369 e. The minimum atomic E-state index is -0.224. The summed E-state index contributed by atoms with van der Waals surface area (Å²) in [7, 11) is 0. The molecular weight excluding hydrogens is 312 g/mol. The lowest BCUT2D eigenvalue weighted by atomic mass is 10.1. The number of nitrogens with zero attached hydrogens (tertiary/aromatic N) is 2. The molecule has 0 atom stereocenters. The molecule has 1 fully saturated rings. The number of likely N-dealkylation sites (N-methyl/N-ethyl adjacent to an activating group) is 1. The fraction of sp³-hybridized carbons (Fsp3) is 0.350. The molecule has 5 nitrogen and oxygen atoms in total. The predicted molar refractivity (Wildman–Crippen MR) is 105 cm³/mol. The van der Waals surface area contributed by atoms with Crippen LogP contribution in [-0.4, -0.2) is 43.7 Å². The van der Waals surface area contributed by atoms with Crippen molar-refractivity contribution < 1.29 is 4.79 Å². The van der Waals surface area contributed by atoms with Gasteiger partial charge in [-0.1, -0.05) is 25.1 Å². The van der Waals surface area contributed by atoms with Crippen LogP contribution in [0.25, 0.3) is 0 Å². The molecule has 0 bridgehead atoms. The minimum Gasteiger partial charge on any atom is -0.369 e. The summed E-state index contributed by atoms with van der Waals surface area (Å²) in [5.41, 5.74) is 3.91. The van der Waals surface area contributed by atoms with Gasteiger partial charge in [0.2, 0.25) is 0 Å². The fourth-order valence-corrected chi connectivity index (χ4v) is 3.11. The van der Waals surface area contributed by atoms with Gasteiger partial charge in [0.1, 0.15) is 0 Å². The Morgan fingerprint density at radius 1 is 1.00 bits per heavy atom. The van der Waals surface area contributed by atoms with E-state index in [-0.39, 0.29) is 6.03 Å². The van der Waals surface area contributed by atoms with Crippen molar-refractivity contribution in [2.45, 2.75) is 13.8 Å². The molecule has 0 aromatic heterocycles. The maximum atomic E-state index is 12.2. The first-order valence-corrected chi connectivity index (χ1v) is 8.86. The first-order valence-electron chi connectivity index (χ1n) is 8.86. The number of urea groups is 1. The fourth-order valence-electron chi connectivity index (χ4n) is 3.11. The van der Waals surface area contributed by atoms with Crippen LogP contribution in [0.5, 0.6) is 0 Å². The van der Waals surface area contributed by atoms with Crippen molar-refractivity contribution in [3.05, 3.63) is 54.1 Å². The van der Waals surface area contributed by atoms with Crippen LogP contribution in [-0.2, 0) is 0 Å². The van der Waals surface area contributed by atoms with E-state index in [1.807, 2.05) is 43.3 Å². The molecule has 1 heterocycles. The summed E-state index contributed by atoms with van der Waals surface area (Å²) in [6, 6.07) is 15.5. The SMILES string of the molecule is CCN1CCN(c2ccc(NC(=O)Nc3ccccc3)c(C)c2)CC1. The molecule has 2 aromatic rings. The molecule has 1 saturated heterocycles. The Kier molecular flexibility index (Phi) is 5.56. The highest BCUT2D eigenvalue weighted by molar-refractivity contribution is 6.00. The van der Waals surface area contributed by atoms with Crippen molar-refractivity contribution in [3.8, 4) is 0 Å². The number of rotatable bonds is 4. The Morgan fingerprint density at radius 2 is 1.72 bits per heavy atom. The zero-order chi connectivity index (χ0) is 17.6. The van der Waals surface area contributed by atoms with Gasteiger partial charge in [0.15, 0.2) is 0 Å². The smallest absolute Gasteiger partial charge is 0.323 e. The maximum absolute atomic E-state index is 12.2. The Bertz CT molecular complexity index is 709. The van der Waals surface area contributed by atoms with Crippen molar-refractivity contribution in [1.82, 2.24) is 4.90 Å². The van der Waals surface area contributed by atoms with Crippen molar-refractivity contribution in [1.29, 1.82) is 0 Å². The van der Waals surface area contributed by atoms with Gasteiger partial charge >= 0.3 is 6.03 Å². The van der Waals surface area contributed by atoms with Gasteiger partial charge in [0.05, 0.1) is 0 Å². The van der Waals surface area contributed by atoms with Crippen LogP contribution < -0.4 is 15.5 Å². The lowest BCUT2D eigenvalue weighted by molar-refractivity contribution is 0.262. The average Bonchev–Trinajstić information content (AvgIpc) is 2.64. The molecule has 0 saturated carbocycles. The molecule has 5 heteroatoms. The number of benzene rings is 2. The summed E-state index contributed by atoms with van der Waals surface area (Å²) in [5.74, 6) is 0. The quantitative estimate of drug-likeness (QED) is 0.892. The monoisotopic (exact) mass is 338 g/mol. The molecule has 2 aromatic carbocycles. The molecule has 2 amide bonds. The normalized spacial score (nSPS) is 15.0. The lowest BCUT2D eigenvalue weighted by Gasteiger charge is -2.35. The molecular formula is C20H26N4O. The Labute approximate surface area is 149 Å². The molecule has 2 N–H and O–H groups in total. The van der Waals surface area contributed by atoms with E-state index in [1.165, 1.54) is 5.69 Å². The minimum absolute atomic E-state index is 0.224. The number of aryl methyl sites for hydroxylation is 1. The van der Waals surface area contributed by atoms with Crippen LogP contribution in [0.3, 0.4) is 0 Å². The summed E-state index contributed by atoms with van der Waals surface area (Å²) in [5, 5.41) is 5.77. The second-order valence-electron chi connectivity index (χ2n) is 6.37. The molecule has 1 aliphatic rings. The van der Waals surface area contributed by atoms with Gasteiger partial charge in [-0.05, 0) is 49.4 Å². The first kappa shape index (κ1) is 17.3. The summed E-state index contributed by atoms with van der Waals surface area (Å²) in [4.78, 5) is 17.0. The third-order valence-electron chi connectivity index (χ3n) is 4.67. The van der Waals surface area contributed by atoms with Crippen LogP contribution >= 0.6 is 0 Å². The Morgan fingerprint density at radius 3 is 2.36 bits per heavy atom. The number of hydrogen-bond donors (Lipinski definition) is 2. The third kappa shape index (κ3) is 4.51. The van der Waals surface area contributed by atoms with E-state index < -0.39 is 0 Å². The van der Waals surface area contributed by atoms with E-state index in [9.17, 15) is 4.79 Å². The highest BCUT2D eigenvalue weighted by atomic mass is 16.2. The molecule has 132 valence electrons. The number of carbonyl (C=O) groups is 1. The molecule has 0 aliphatic carbocycles. The topological polar surface area (TPSA) is 47.6 Å². The highest BCUT2D eigenvalue weighted by Crippen LogP contribution is 2.24. The van der Waals surface area contributed by atoms with Crippen molar-refractivity contribution in [2.24, 2.45) is 0 Å². The van der Waals surface area contributed by atoms with Gasteiger partial charge in [-0.25, -0.2) is 4.79 Å². The number of nitrogens with one attached hydrogen (secondary N) is 2. The van der Waals surface area contributed by atoms with Crippen molar-refractivity contribution >= 4 is 23.1 Å². The molecule has 0 unspecified atom stereocenters. The van der Waals surface area contributed by atoms with Crippen LogP contribution in [0.1, 0.15) is 12.5 Å². The van der Waals surface area contributed by atoms with E-state index in [0.29, 0.717) is 0 Å². The third-order valence-corrected chi connectivity index (χ3v) is 4.67. The van der Waals surface area contributed by atoms with Crippen LogP contribution in [0.4, 0.5) is 21.9 Å². The summed E-state index contributed by atoms with van der Waals surface area (Å²) >= 11 is 0. The zero-order valence-corrected chi connectivity index (χ0v) is 15.0. The lowest BCUT2D eigenvalue weighted by Crippen LogP contribution is -2.46. The Balaban J connectivity index is 1.61. The second-order valence-corrected chi connectivity index (χ2v) is 6.37. The second kappa shape index (κ2) is 8.03. The number of anilines is 3. The predicted octanol–water partition coefficient (Wildman–Crippen LogP) is 3.78. The Hall–Kier alpha value is -2.53. The van der Waals surface area contributed by atoms with Gasteiger partial charge in [-0.2, -0.15) is 0 Å². The molecule has 0 radical (unpaired) electrons. The van der Waals surface area contributed by atoms with E-state index >= 15 is 0 Å². The summed E-state index contributed by atoms with van der Waals surface area (Å²) in [6.07, 6.45) is 0. The van der Waals surface area contributed by atoms with Gasteiger partial charge in [-0.15, -0.1) is 0 Å². The maximum Gasteiger partial charge on any atom is 0.323 e. The number of piperazine rings is 1. The van der Waals surface area contributed by atoms with E-state index in [0.717, 1.165) is 49.7 Å². The van der Waals surface area contributed by atoms with E-state index in [1.54, 1.807) is 0 Å². The standard InChI is InChI=1S/C20H26N4O/c1-3-23-11-13-24(14-12-23)18-9-10-19(16(2)15-18)22-20(25)21-17-7-5-4-6-8-17/h4-10,15H,3,11-14H2,1-2H3,(H2,21,22,25). The zero-order valence-electron chi connectivity index (χ0n) is 15.0. The van der Waals surface area contributed by atoms with Gasteiger partial charge in [0, 0.05) is 43.2 Å². The highest BCUT2D eigenvalue weighted by Gasteiger charge is 2.16. The molecule has 1 aliphatic heterocycles. The molecule has 3 rings (SSSR count). The van der Waals surface area contributed by atoms with Gasteiger partial charge < -0.3 is 20.4 Å². The van der Waals surface area contributed by atoms with E-state index in [4.69, 9.17) is 0 Å². The van der Waals surface area contributed by atoms with E-state index in [2.05, 4.69) is 39.5 Å². The molecule has 25 heavy (non-hydrogen) atoms. The van der Waals surface area contributed by atoms with Crippen molar-refractivity contribution in [2.75, 3.05) is 48.3 Å². The first-order chi connectivity index (χ1) is 12.2. The van der Waals surface area contributed by atoms with Crippen LogP contribution in [0, 0.1) is 6.92 Å². The number of para-hydroxylation sites is 1. The summed E-state index contributed by atoms with van der Waals surface area (Å²) in [6.45, 7) is 9.67. The van der Waals surface area contributed by atoms with Gasteiger partial charge in [0.25, 0.3) is 0 Å². The summed E-state index contributed by atoms with van der Waals surface area (Å²) < 4.78 is 0. The number of hydrogen-bond acceptors (Lipinski definition) is 3.